The van der Waals surface area contributed by atoms with Crippen LogP contribution >= 0.6 is 0 Å². The van der Waals surface area contributed by atoms with E-state index >= 15 is 0 Å². The minimum absolute atomic E-state index is 0.0118. The van der Waals surface area contributed by atoms with Gasteiger partial charge in [-0.1, -0.05) is 10.3 Å². The Kier molecular flexibility index (Phi) is 5.00. The molecular formula is C20H17F2N3O5S. The van der Waals surface area contributed by atoms with E-state index in [0.717, 1.165) is 18.2 Å². The fraction of sp³-hybridized carbons (Fsp3) is 0.250. The predicted molar refractivity (Wildman–Crippen MR) is 108 cm³/mol. The first kappa shape index (κ1) is 20.9. The maximum absolute atomic E-state index is 14.6. The number of rotatable bonds is 4. The molecule has 1 aliphatic heterocycles. The maximum Gasteiger partial charge on any atom is 0.255 e. The largest absolute Gasteiger partial charge is 0.389 e. The van der Waals surface area contributed by atoms with E-state index in [1.165, 1.54) is 18.2 Å². The summed E-state index contributed by atoms with van der Waals surface area (Å²) in [4.78, 5) is 17.4. The summed E-state index contributed by atoms with van der Waals surface area (Å²) in [5, 5.41) is 9.80. The lowest BCUT2D eigenvalue weighted by atomic mass is 10.1. The van der Waals surface area contributed by atoms with Gasteiger partial charge < -0.3 is 14.7 Å². The first-order valence-electron chi connectivity index (χ1n) is 9.17. The molecule has 1 aliphatic rings. The molecule has 31 heavy (non-hydrogen) atoms. The molecule has 0 unspecified atom stereocenters. The quantitative estimate of drug-likeness (QED) is 0.649. The molecule has 2 heterocycles. The maximum atomic E-state index is 14.6. The summed E-state index contributed by atoms with van der Waals surface area (Å²) < 4.78 is 58.0. The molecule has 1 amide bonds. The number of benzene rings is 2. The molecular weight excluding hydrogens is 432 g/mol. The molecule has 0 saturated heterocycles. The Morgan fingerprint density at radius 3 is 2.55 bits per heavy atom. The summed E-state index contributed by atoms with van der Waals surface area (Å²) in [7, 11) is -3.85. The average Bonchev–Trinajstić information content (AvgIpc) is 3.25. The van der Waals surface area contributed by atoms with Crippen LogP contribution in [0.2, 0.25) is 0 Å². The topological polar surface area (TPSA) is 111 Å². The number of hydrogen-bond acceptors (Lipinski definition) is 7. The Morgan fingerprint density at radius 2 is 1.90 bits per heavy atom. The van der Waals surface area contributed by atoms with Gasteiger partial charge in [0.25, 0.3) is 5.91 Å². The lowest BCUT2D eigenvalue weighted by Crippen LogP contribution is -2.23. The van der Waals surface area contributed by atoms with Crippen molar-refractivity contribution < 1.29 is 31.4 Å². The summed E-state index contributed by atoms with van der Waals surface area (Å²) in [5.74, 6) is -2.51. The third-order valence-corrected chi connectivity index (χ3v) is 6.24. The molecule has 0 spiro atoms. The zero-order valence-electron chi connectivity index (χ0n) is 16.5. The highest BCUT2D eigenvalue weighted by molar-refractivity contribution is 8.05. The van der Waals surface area contributed by atoms with E-state index in [2.05, 4.69) is 15.6 Å². The van der Waals surface area contributed by atoms with Gasteiger partial charge in [0.05, 0.1) is 5.69 Å². The first-order chi connectivity index (χ1) is 14.5. The predicted octanol–water partition coefficient (Wildman–Crippen LogP) is 3.79. The highest BCUT2D eigenvalue weighted by atomic mass is 32.2. The molecule has 3 aromatic rings. The van der Waals surface area contributed by atoms with Crippen molar-refractivity contribution in [3.8, 4) is 0 Å². The number of nitrogens with zero attached hydrogens (tertiary/aromatic N) is 2. The van der Waals surface area contributed by atoms with Crippen molar-refractivity contribution in [3.05, 3.63) is 59.3 Å². The van der Waals surface area contributed by atoms with Crippen LogP contribution in [0.5, 0.6) is 0 Å². The fourth-order valence-corrected chi connectivity index (χ4v) is 4.49. The molecule has 8 nitrogen and oxygen atoms in total. The van der Waals surface area contributed by atoms with E-state index in [-0.39, 0.29) is 39.4 Å². The van der Waals surface area contributed by atoms with Crippen LogP contribution in [0.4, 0.5) is 14.5 Å². The summed E-state index contributed by atoms with van der Waals surface area (Å²) in [6, 6.07) is 6.98. The third-order valence-electron chi connectivity index (χ3n) is 4.65. The van der Waals surface area contributed by atoms with Crippen LogP contribution in [0.3, 0.4) is 0 Å². The molecule has 0 fully saturated rings. The molecule has 1 aromatic heterocycles. The standard InChI is InChI=1S/C20H17F2N3O5S/c1-20(2)9-18(25-30-20)31(27,28)10-16-13-7-14(22)15(8-17(13)29-24-16)23-19(26)11-3-5-12(21)6-4-11/h3-8H,9-10H2,1-2H3,(H,23,26). The number of amides is 1. The average molecular weight is 449 g/mol. The van der Waals surface area contributed by atoms with Gasteiger partial charge in [-0.2, -0.15) is 0 Å². The second kappa shape index (κ2) is 7.41. The molecule has 0 radical (unpaired) electrons. The number of fused-ring (bicyclic) bond motifs is 1. The van der Waals surface area contributed by atoms with Gasteiger partial charge in [0.2, 0.25) is 9.84 Å². The summed E-state index contributed by atoms with van der Waals surface area (Å²) >= 11 is 0. The SMILES string of the molecule is CC1(C)CC(S(=O)(=O)Cc2noc3cc(NC(=O)c4ccc(F)cc4)c(F)cc23)=NO1. The number of nitrogens with one attached hydrogen (secondary N) is 1. The number of halogens is 2. The number of oxime groups is 1. The Balaban J connectivity index is 1.58. The van der Waals surface area contributed by atoms with E-state index in [1.807, 2.05) is 0 Å². The van der Waals surface area contributed by atoms with Crippen molar-refractivity contribution in [3.63, 3.8) is 0 Å². The number of anilines is 1. The second-order valence-electron chi connectivity index (χ2n) is 7.69. The van der Waals surface area contributed by atoms with Crippen molar-refractivity contribution >= 4 is 37.4 Å². The third kappa shape index (κ3) is 4.26. The van der Waals surface area contributed by atoms with Crippen LogP contribution in [-0.4, -0.2) is 30.1 Å². The highest BCUT2D eigenvalue weighted by Crippen LogP contribution is 2.30. The number of sulfone groups is 1. The number of hydrogen-bond donors (Lipinski definition) is 1. The van der Waals surface area contributed by atoms with Crippen molar-refractivity contribution in [2.75, 3.05) is 5.32 Å². The van der Waals surface area contributed by atoms with Gasteiger partial charge in [-0.3, -0.25) is 4.79 Å². The van der Waals surface area contributed by atoms with Gasteiger partial charge >= 0.3 is 0 Å². The van der Waals surface area contributed by atoms with Crippen molar-refractivity contribution in [2.45, 2.75) is 31.6 Å². The Bertz CT molecular complexity index is 1310. The monoisotopic (exact) mass is 449 g/mol. The molecule has 162 valence electrons. The molecule has 0 atom stereocenters. The van der Waals surface area contributed by atoms with Crippen LogP contribution in [0.25, 0.3) is 11.0 Å². The first-order valence-corrected chi connectivity index (χ1v) is 10.8. The van der Waals surface area contributed by atoms with Gasteiger partial charge in [0.1, 0.15) is 28.7 Å². The van der Waals surface area contributed by atoms with Gasteiger partial charge in [-0.05, 0) is 44.2 Å². The summed E-state index contributed by atoms with van der Waals surface area (Å²) in [6.45, 7) is 3.42. The lowest BCUT2D eigenvalue weighted by molar-refractivity contribution is 0.0123. The number of aromatic nitrogens is 1. The second-order valence-corrected chi connectivity index (χ2v) is 9.68. The van der Waals surface area contributed by atoms with Gasteiger partial charge in [0, 0.05) is 23.4 Å². The van der Waals surface area contributed by atoms with Crippen LogP contribution in [-0.2, 0) is 20.4 Å². The smallest absolute Gasteiger partial charge is 0.255 e. The normalized spacial score (nSPS) is 15.5. The molecule has 11 heteroatoms. The number of carbonyl (C=O) groups is 1. The zero-order valence-corrected chi connectivity index (χ0v) is 17.3. The van der Waals surface area contributed by atoms with Crippen molar-refractivity contribution in [1.82, 2.24) is 5.16 Å². The van der Waals surface area contributed by atoms with Crippen molar-refractivity contribution in [2.24, 2.45) is 5.16 Å². The molecule has 4 rings (SSSR count). The van der Waals surface area contributed by atoms with Crippen LogP contribution in [0.15, 0.2) is 46.1 Å². The number of carbonyl (C=O) groups excluding carboxylic acids is 1. The highest BCUT2D eigenvalue weighted by Gasteiger charge is 2.36. The minimum atomic E-state index is -3.85. The Labute approximate surface area is 175 Å². The van der Waals surface area contributed by atoms with Crippen LogP contribution in [0, 0.1) is 11.6 Å². The van der Waals surface area contributed by atoms with E-state index in [9.17, 15) is 22.0 Å². The summed E-state index contributed by atoms with van der Waals surface area (Å²) in [6.07, 6.45) is 0.110. The summed E-state index contributed by atoms with van der Waals surface area (Å²) in [5.41, 5.74) is -0.683. The van der Waals surface area contributed by atoms with Crippen molar-refractivity contribution in [1.29, 1.82) is 0 Å². The zero-order chi connectivity index (χ0) is 22.4. The molecule has 2 aromatic carbocycles. The van der Waals surface area contributed by atoms with Crippen LogP contribution in [0.1, 0.15) is 36.3 Å². The van der Waals surface area contributed by atoms with Crippen LogP contribution < -0.4 is 5.32 Å². The molecule has 0 saturated carbocycles. The Hall–Kier alpha value is -3.34. The van der Waals surface area contributed by atoms with E-state index in [4.69, 9.17) is 9.36 Å². The van der Waals surface area contributed by atoms with Gasteiger partial charge in [-0.15, -0.1) is 0 Å². The lowest BCUT2D eigenvalue weighted by Gasteiger charge is -2.13. The van der Waals surface area contributed by atoms with E-state index < -0.39 is 38.7 Å². The Morgan fingerprint density at radius 1 is 1.19 bits per heavy atom. The van der Waals surface area contributed by atoms with E-state index in [1.54, 1.807) is 13.8 Å². The molecule has 0 aliphatic carbocycles. The van der Waals surface area contributed by atoms with Gasteiger partial charge in [0.15, 0.2) is 10.6 Å². The minimum Gasteiger partial charge on any atom is -0.389 e. The van der Waals surface area contributed by atoms with E-state index in [0.29, 0.717) is 0 Å². The van der Waals surface area contributed by atoms with Gasteiger partial charge in [-0.25, -0.2) is 17.2 Å². The molecule has 1 N–H and O–H groups in total. The molecule has 0 bridgehead atoms. The fourth-order valence-electron chi connectivity index (χ4n) is 3.04.